The Morgan fingerprint density at radius 2 is 1.93 bits per heavy atom. The van der Waals surface area contributed by atoms with Crippen LogP contribution in [-0.4, -0.2) is 92.2 Å². The van der Waals surface area contributed by atoms with Gasteiger partial charge in [0, 0.05) is 32.8 Å². The molecule has 3 heterocycles. The highest BCUT2D eigenvalue weighted by Crippen LogP contribution is 2.45. The van der Waals surface area contributed by atoms with Gasteiger partial charge in [-0.05, 0) is 75.9 Å². The summed E-state index contributed by atoms with van der Waals surface area (Å²) in [5, 5.41) is 3.43. The van der Waals surface area contributed by atoms with Gasteiger partial charge in [-0.1, -0.05) is 39.0 Å². The minimum atomic E-state index is -0.866. The molecule has 1 saturated carbocycles. The molecule has 1 spiro atoms. The number of halogens is 1. The van der Waals surface area contributed by atoms with Gasteiger partial charge < -0.3 is 26.4 Å². The first kappa shape index (κ1) is 31.5. The summed E-state index contributed by atoms with van der Waals surface area (Å²) in [6.07, 6.45) is 16.0. The maximum Gasteiger partial charge on any atom is 0.228 e. The van der Waals surface area contributed by atoms with Crippen molar-refractivity contribution in [2.24, 2.45) is 27.8 Å². The third-order valence-corrected chi connectivity index (χ3v) is 10.2. The van der Waals surface area contributed by atoms with E-state index in [1.165, 1.54) is 31.9 Å². The van der Waals surface area contributed by atoms with Crippen LogP contribution in [0.2, 0.25) is 0 Å². The van der Waals surface area contributed by atoms with Gasteiger partial charge in [0.05, 0.1) is 36.5 Å². The van der Waals surface area contributed by atoms with Gasteiger partial charge in [-0.3, -0.25) is 14.7 Å². The summed E-state index contributed by atoms with van der Waals surface area (Å²) in [6, 6.07) is -0.177. The first-order valence-electron chi connectivity index (χ1n) is 16.0. The Hall–Kier alpha value is -1.39. The Balaban J connectivity index is 1.51. The fourth-order valence-corrected chi connectivity index (χ4v) is 7.75. The van der Waals surface area contributed by atoms with Crippen LogP contribution in [0.1, 0.15) is 90.4 Å². The molecule has 1 aliphatic carbocycles. The standard InChI is InChI=1S/C31H55FN6O2/c1-3-4-8-16-37-17-12-27(38-18-10-24(40-2)11-19-38)26(22-37)36-30(39)28(29(33)34)25-20-31(13-6-5-7-14-31)15-9-23(32)21-35-25/h9,21,24-29H,3-8,10-20,22,33-34H2,1-2H3,(H,36,39)/b23-9+,35-21-. The molecule has 3 aliphatic heterocycles. The number of methoxy groups -OCH3 is 1. The highest BCUT2D eigenvalue weighted by atomic mass is 19.1. The number of carbonyl (C=O) groups excluding carboxylic acids is 1. The number of piperidine rings is 2. The Kier molecular flexibility index (Phi) is 12.0. The summed E-state index contributed by atoms with van der Waals surface area (Å²) in [5.41, 5.74) is 12.6. The minimum Gasteiger partial charge on any atom is -0.381 e. The summed E-state index contributed by atoms with van der Waals surface area (Å²) >= 11 is 0. The maximum atomic E-state index is 14.6. The molecule has 40 heavy (non-hydrogen) atoms. The van der Waals surface area contributed by atoms with Gasteiger partial charge in [0.25, 0.3) is 0 Å². The number of allylic oxidation sites excluding steroid dienone is 2. The van der Waals surface area contributed by atoms with Crippen molar-refractivity contribution < 1.29 is 13.9 Å². The number of nitrogens with zero attached hydrogens (tertiary/aromatic N) is 3. The molecule has 4 unspecified atom stereocenters. The molecule has 9 heteroatoms. The van der Waals surface area contributed by atoms with Crippen LogP contribution in [0.25, 0.3) is 0 Å². The maximum absolute atomic E-state index is 14.6. The number of rotatable bonds is 10. The zero-order valence-corrected chi connectivity index (χ0v) is 25.0. The van der Waals surface area contributed by atoms with Crippen LogP contribution >= 0.6 is 0 Å². The van der Waals surface area contributed by atoms with Crippen molar-refractivity contribution in [1.29, 1.82) is 0 Å². The zero-order chi connectivity index (χ0) is 28.5. The molecule has 4 rings (SSSR count). The molecule has 0 radical (unpaired) electrons. The van der Waals surface area contributed by atoms with Crippen LogP contribution in [-0.2, 0) is 9.53 Å². The van der Waals surface area contributed by atoms with Crippen molar-refractivity contribution in [2.75, 3.05) is 39.8 Å². The molecule has 0 aromatic carbocycles. The lowest BCUT2D eigenvalue weighted by molar-refractivity contribution is -0.128. The van der Waals surface area contributed by atoms with Crippen LogP contribution in [0.5, 0.6) is 0 Å². The average molecular weight is 563 g/mol. The molecule has 3 fully saturated rings. The first-order valence-corrected chi connectivity index (χ1v) is 16.0. The summed E-state index contributed by atoms with van der Waals surface area (Å²) in [4.78, 5) is 23.8. The van der Waals surface area contributed by atoms with Crippen molar-refractivity contribution >= 4 is 12.1 Å². The molecule has 2 saturated heterocycles. The first-order chi connectivity index (χ1) is 19.3. The number of hydrogen-bond donors (Lipinski definition) is 3. The number of nitrogens with two attached hydrogens (primary N) is 2. The van der Waals surface area contributed by atoms with Gasteiger partial charge in [-0.25, -0.2) is 4.39 Å². The van der Waals surface area contributed by atoms with Crippen LogP contribution in [0.15, 0.2) is 16.9 Å². The Labute approximate surface area is 241 Å². The largest absolute Gasteiger partial charge is 0.381 e. The smallest absolute Gasteiger partial charge is 0.228 e. The zero-order valence-electron chi connectivity index (χ0n) is 25.0. The molecule has 4 atom stereocenters. The number of likely N-dealkylation sites (tertiary alicyclic amines) is 2. The number of amides is 1. The second-order valence-electron chi connectivity index (χ2n) is 13.0. The minimum absolute atomic E-state index is 0.0129. The van der Waals surface area contributed by atoms with Crippen molar-refractivity contribution in [1.82, 2.24) is 15.1 Å². The fraction of sp³-hybridized carbons (Fsp3) is 0.871. The van der Waals surface area contributed by atoms with Crippen molar-refractivity contribution in [3.05, 3.63) is 11.9 Å². The number of nitrogens with one attached hydrogen (secondary N) is 1. The monoisotopic (exact) mass is 562 g/mol. The van der Waals surface area contributed by atoms with E-state index in [2.05, 4.69) is 27.0 Å². The van der Waals surface area contributed by atoms with E-state index in [-0.39, 0.29) is 29.2 Å². The van der Waals surface area contributed by atoms with E-state index in [1.54, 1.807) is 13.2 Å². The Morgan fingerprint density at radius 1 is 1.18 bits per heavy atom. The number of hydrogen-bond acceptors (Lipinski definition) is 7. The summed E-state index contributed by atoms with van der Waals surface area (Å²) in [6.45, 7) is 7.11. The molecule has 8 nitrogen and oxygen atoms in total. The average Bonchev–Trinajstić information content (AvgIpc) is 2.95. The fourth-order valence-electron chi connectivity index (χ4n) is 7.75. The van der Waals surface area contributed by atoms with Gasteiger partial charge in [0.15, 0.2) is 0 Å². The summed E-state index contributed by atoms with van der Waals surface area (Å²) < 4.78 is 20.2. The SMILES string of the molecule is CCCCCN1CCC(N2CCC(OC)CC2)C(NC(=O)C(C(N)N)C2CC3(C/C=C(F)\C=N/2)CCCCC3)C1. The van der Waals surface area contributed by atoms with Crippen molar-refractivity contribution in [3.63, 3.8) is 0 Å². The van der Waals surface area contributed by atoms with E-state index < -0.39 is 18.1 Å². The normalized spacial score (nSPS) is 31.8. The van der Waals surface area contributed by atoms with Gasteiger partial charge in [-0.15, -0.1) is 0 Å². The van der Waals surface area contributed by atoms with Gasteiger partial charge in [0.2, 0.25) is 5.91 Å². The molecule has 228 valence electrons. The van der Waals surface area contributed by atoms with Crippen molar-refractivity contribution in [2.45, 2.75) is 121 Å². The molecule has 1 amide bonds. The van der Waals surface area contributed by atoms with E-state index in [4.69, 9.17) is 16.2 Å². The highest BCUT2D eigenvalue weighted by Gasteiger charge is 2.43. The molecule has 0 aromatic rings. The lowest BCUT2D eigenvalue weighted by Gasteiger charge is -2.47. The Morgan fingerprint density at radius 3 is 2.60 bits per heavy atom. The lowest BCUT2D eigenvalue weighted by atomic mass is 9.66. The van der Waals surface area contributed by atoms with Crippen LogP contribution in [0.3, 0.4) is 0 Å². The molecular formula is C31H55FN6O2. The van der Waals surface area contributed by atoms with Crippen LogP contribution < -0.4 is 16.8 Å². The quantitative estimate of drug-likeness (QED) is 0.277. The topological polar surface area (TPSA) is 109 Å². The number of unbranched alkanes of at least 4 members (excludes halogenated alkanes) is 2. The third kappa shape index (κ3) is 8.34. The van der Waals surface area contributed by atoms with E-state index in [0.717, 1.165) is 84.1 Å². The number of carbonyl (C=O) groups is 1. The molecule has 0 aromatic heterocycles. The Bertz CT molecular complexity index is 853. The predicted octanol–water partition coefficient (Wildman–Crippen LogP) is 3.74. The van der Waals surface area contributed by atoms with E-state index in [0.29, 0.717) is 12.5 Å². The predicted molar refractivity (Wildman–Crippen MR) is 160 cm³/mol. The van der Waals surface area contributed by atoms with E-state index in [9.17, 15) is 9.18 Å². The van der Waals surface area contributed by atoms with E-state index in [1.807, 2.05) is 0 Å². The van der Waals surface area contributed by atoms with Crippen LogP contribution in [0.4, 0.5) is 4.39 Å². The summed E-state index contributed by atoms with van der Waals surface area (Å²) in [5.74, 6) is -1.16. The van der Waals surface area contributed by atoms with Crippen molar-refractivity contribution in [3.8, 4) is 0 Å². The van der Waals surface area contributed by atoms with Crippen LogP contribution in [0, 0.1) is 11.3 Å². The van der Waals surface area contributed by atoms with Gasteiger partial charge in [-0.2, -0.15) is 0 Å². The lowest BCUT2D eigenvalue weighted by Crippen LogP contribution is -2.64. The molecule has 0 bridgehead atoms. The third-order valence-electron chi connectivity index (χ3n) is 10.2. The summed E-state index contributed by atoms with van der Waals surface area (Å²) in [7, 11) is 1.80. The second-order valence-corrected chi connectivity index (χ2v) is 13.0. The highest BCUT2D eigenvalue weighted by molar-refractivity contribution is 5.82. The van der Waals surface area contributed by atoms with Gasteiger partial charge >= 0.3 is 0 Å². The second kappa shape index (κ2) is 15.2. The number of ether oxygens (including phenoxy) is 1. The molecule has 5 N–H and O–H groups in total. The van der Waals surface area contributed by atoms with E-state index >= 15 is 0 Å². The molecular weight excluding hydrogens is 507 g/mol. The number of aliphatic imine (C=N–C) groups is 1. The molecule has 4 aliphatic rings. The van der Waals surface area contributed by atoms with Gasteiger partial charge in [0.1, 0.15) is 5.83 Å².